The van der Waals surface area contributed by atoms with Crippen LogP contribution < -0.4 is 15.2 Å². The van der Waals surface area contributed by atoms with Crippen LogP contribution in [-0.2, 0) is 0 Å². The highest BCUT2D eigenvalue weighted by atomic mass is 16.5. The number of rotatable bonds is 7. The quantitative estimate of drug-likeness (QED) is 0.834. The van der Waals surface area contributed by atoms with Crippen molar-refractivity contribution in [3.63, 3.8) is 0 Å². The molecule has 114 valence electrons. The van der Waals surface area contributed by atoms with Crippen LogP contribution in [0.5, 0.6) is 11.5 Å². The fourth-order valence-electron chi connectivity index (χ4n) is 2.26. The first-order valence-corrected chi connectivity index (χ1v) is 7.06. The Morgan fingerprint density at radius 3 is 2.35 bits per heavy atom. The van der Waals surface area contributed by atoms with E-state index in [2.05, 4.69) is 32.7 Å². The Labute approximate surface area is 122 Å². The molecule has 0 heterocycles. The second-order valence-electron chi connectivity index (χ2n) is 5.64. The van der Waals surface area contributed by atoms with Crippen molar-refractivity contribution in [2.75, 3.05) is 27.8 Å². The highest BCUT2D eigenvalue weighted by molar-refractivity contribution is 5.42. The maximum atomic E-state index is 6.03. The summed E-state index contributed by atoms with van der Waals surface area (Å²) < 4.78 is 10.8. The van der Waals surface area contributed by atoms with Gasteiger partial charge in [-0.15, -0.1) is 0 Å². The number of hydrogen-bond donors (Lipinski definition) is 1. The minimum atomic E-state index is 0.0676. The molecule has 20 heavy (non-hydrogen) atoms. The molecule has 0 aliphatic heterocycles. The molecule has 4 heteroatoms. The zero-order valence-corrected chi connectivity index (χ0v) is 13.6. The van der Waals surface area contributed by atoms with E-state index in [4.69, 9.17) is 15.2 Å². The standard InChI is InChI=1S/C16H28N2O2/c1-7-16(2,3)18(4)14(11-17)13-10-12(19-5)8-9-15(13)20-6/h8-10,14H,7,11,17H2,1-6H3. The number of likely N-dealkylation sites (N-methyl/N-ethyl adjacent to an activating group) is 1. The van der Waals surface area contributed by atoms with E-state index in [0.717, 1.165) is 23.5 Å². The molecule has 0 aromatic heterocycles. The van der Waals surface area contributed by atoms with E-state index in [-0.39, 0.29) is 11.6 Å². The van der Waals surface area contributed by atoms with Crippen molar-refractivity contribution in [2.24, 2.45) is 5.73 Å². The number of hydrogen-bond acceptors (Lipinski definition) is 4. The lowest BCUT2D eigenvalue weighted by atomic mass is 9.94. The molecule has 0 bridgehead atoms. The number of ether oxygens (including phenoxy) is 2. The maximum absolute atomic E-state index is 6.03. The van der Waals surface area contributed by atoms with Gasteiger partial charge < -0.3 is 15.2 Å². The van der Waals surface area contributed by atoms with Crippen molar-refractivity contribution >= 4 is 0 Å². The van der Waals surface area contributed by atoms with Crippen LogP contribution in [0, 0.1) is 0 Å². The third-order valence-electron chi connectivity index (χ3n) is 4.31. The van der Waals surface area contributed by atoms with Gasteiger partial charge in [0, 0.05) is 17.6 Å². The third-order valence-corrected chi connectivity index (χ3v) is 4.31. The van der Waals surface area contributed by atoms with Gasteiger partial charge in [-0.2, -0.15) is 0 Å². The molecule has 1 atom stereocenters. The van der Waals surface area contributed by atoms with E-state index < -0.39 is 0 Å². The number of nitrogens with zero attached hydrogens (tertiary/aromatic N) is 1. The van der Waals surface area contributed by atoms with Crippen LogP contribution in [0.3, 0.4) is 0 Å². The molecule has 2 N–H and O–H groups in total. The Morgan fingerprint density at radius 2 is 1.90 bits per heavy atom. The SMILES string of the molecule is CCC(C)(C)N(C)C(CN)c1cc(OC)ccc1OC. The lowest BCUT2D eigenvalue weighted by molar-refractivity contribution is 0.0988. The van der Waals surface area contributed by atoms with Crippen molar-refractivity contribution in [3.05, 3.63) is 23.8 Å². The highest BCUT2D eigenvalue weighted by Gasteiger charge is 2.30. The fraction of sp³-hybridized carbons (Fsp3) is 0.625. The predicted octanol–water partition coefficient (Wildman–Crippen LogP) is 2.82. The molecule has 4 nitrogen and oxygen atoms in total. The zero-order chi connectivity index (χ0) is 15.3. The van der Waals surface area contributed by atoms with Crippen molar-refractivity contribution in [3.8, 4) is 11.5 Å². The summed E-state index contributed by atoms with van der Waals surface area (Å²) in [5.41, 5.74) is 7.17. The Kier molecular flexibility index (Phi) is 5.84. The molecule has 0 radical (unpaired) electrons. The normalized spacial score (nSPS) is 13.4. The van der Waals surface area contributed by atoms with E-state index in [1.165, 1.54) is 0 Å². The molecule has 1 unspecified atom stereocenters. The van der Waals surface area contributed by atoms with Gasteiger partial charge in [-0.05, 0) is 45.5 Å². The Hall–Kier alpha value is -1.26. The molecule has 0 saturated heterocycles. The first kappa shape index (κ1) is 16.8. The minimum absolute atomic E-state index is 0.0676. The van der Waals surface area contributed by atoms with Crippen molar-refractivity contribution in [1.29, 1.82) is 0 Å². The molecule has 0 amide bonds. The van der Waals surface area contributed by atoms with Crippen LogP contribution in [0.1, 0.15) is 38.8 Å². The van der Waals surface area contributed by atoms with Gasteiger partial charge in [-0.1, -0.05) is 6.92 Å². The van der Waals surface area contributed by atoms with Gasteiger partial charge >= 0.3 is 0 Å². The van der Waals surface area contributed by atoms with Crippen LogP contribution in [0.4, 0.5) is 0 Å². The second-order valence-corrected chi connectivity index (χ2v) is 5.64. The Balaban J connectivity index is 3.23. The second kappa shape index (κ2) is 6.95. The van der Waals surface area contributed by atoms with Gasteiger partial charge in [-0.25, -0.2) is 0 Å². The summed E-state index contributed by atoms with van der Waals surface area (Å²) in [4.78, 5) is 2.31. The first-order valence-electron chi connectivity index (χ1n) is 7.06. The highest BCUT2D eigenvalue weighted by Crippen LogP contribution is 2.35. The van der Waals surface area contributed by atoms with Gasteiger partial charge in [0.15, 0.2) is 0 Å². The van der Waals surface area contributed by atoms with Crippen LogP contribution in [0.15, 0.2) is 18.2 Å². The summed E-state index contributed by atoms with van der Waals surface area (Å²) in [6, 6.07) is 5.94. The molecular formula is C16H28N2O2. The molecule has 0 saturated carbocycles. The fourth-order valence-corrected chi connectivity index (χ4v) is 2.26. The van der Waals surface area contributed by atoms with Crippen molar-refractivity contribution < 1.29 is 9.47 Å². The molecule has 0 fully saturated rings. The molecule has 1 rings (SSSR count). The van der Waals surface area contributed by atoms with Gasteiger partial charge in [0.2, 0.25) is 0 Å². The summed E-state index contributed by atoms with van der Waals surface area (Å²) in [7, 11) is 5.46. The Bertz CT molecular complexity index is 432. The number of benzene rings is 1. The average Bonchev–Trinajstić information content (AvgIpc) is 2.47. The molecule has 0 aliphatic rings. The topological polar surface area (TPSA) is 47.7 Å². The molecule has 1 aromatic carbocycles. The summed E-state index contributed by atoms with van der Waals surface area (Å²) >= 11 is 0. The zero-order valence-electron chi connectivity index (χ0n) is 13.6. The van der Waals surface area contributed by atoms with Crippen LogP contribution in [-0.4, -0.2) is 38.3 Å². The van der Waals surface area contributed by atoms with Crippen LogP contribution >= 0.6 is 0 Å². The summed E-state index contributed by atoms with van der Waals surface area (Å²) in [6.45, 7) is 7.17. The van der Waals surface area contributed by atoms with Crippen LogP contribution in [0.25, 0.3) is 0 Å². The average molecular weight is 280 g/mol. The number of nitrogens with two attached hydrogens (primary N) is 1. The van der Waals surface area contributed by atoms with Gasteiger partial charge in [0.05, 0.1) is 20.3 Å². The lowest BCUT2D eigenvalue weighted by Gasteiger charge is -2.41. The summed E-state index contributed by atoms with van der Waals surface area (Å²) in [6.07, 6.45) is 1.05. The van der Waals surface area contributed by atoms with Gasteiger partial charge in [0.1, 0.15) is 11.5 Å². The molecular weight excluding hydrogens is 252 g/mol. The maximum Gasteiger partial charge on any atom is 0.123 e. The molecule has 0 aliphatic carbocycles. The summed E-state index contributed by atoms with van der Waals surface area (Å²) in [5.74, 6) is 1.67. The third kappa shape index (κ3) is 3.44. The van der Waals surface area contributed by atoms with E-state index in [9.17, 15) is 0 Å². The smallest absolute Gasteiger partial charge is 0.123 e. The molecule has 0 spiro atoms. The minimum Gasteiger partial charge on any atom is -0.497 e. The van der Waals surface area contributed by atoms with E-state index >= 15 is 0 Å². The number of methoxy groups -OCH3 is 2. The van der Waals surface area contributed by atoms with E-state index in [0.29, 0.717) is 6.54 Å². The largest absolute Gasteiger partial charge is 0.497 e. The van der Waals surface area contributed by atoms with E-state index in [1.54, 1.807) is 14.2 Å². The molecule has 1 aromatic rings. The monoisotopic (exact) mass is 280 g/mol. The lowest BCUT2D eigenvalue weighted by Crippen LogP contribution is -2.45. The summed E-state index contributed by atoms with van der Waals surface area (Å²) in [5, 5.41) is 0. The first-order chi connectivity index (χ1) is 9.41. The van der Waals surface area contributed by atoms with Crippen LogP contribution in [0.2, 0.25) is 0 Å². The predicted molar refractivity (Wildman–Crippen MR) is 83.5 cm³/mol. The van der Waals surface area contributed by atoms with Gasteiger partial charge in [0.25, 0.3) is 0 Å². The Morgan fingerprint density at radius 1 is 1.25 bits per heavy atom. The van der Waals surface area contributed by atoms with Crippen molar-refractivity contribution in [1.82, 2.24) is 4.90 Å². The van der Waals surface area contributed by atoms with Gasteiger partial charge in [-0.3, -0.25) is 4.90 Å². The van der Waals surface area contributed by atoms with E-state index in [1.807, 2.05) is 18.2 Å². The van der Waals surface area contributed by atoms with Crippen molar-refractivity contribution in [2.45, 2.75) is 38.8 Å².